The van der Waals surface area contributed by atoms with E-state index in [0.29, 0.717) is 37.9 Å². The Labute approximate surface area is 84.5 Å². The maximum Gasteiger partial charge on any atom is 0.151 e. The standard InChI is InChI=1S/C10H20O4/c11-8-4-3-6-9(12)5-1-2-7-10(13)14/h5,10-14H,1-4,6-8H2. The molecule has 84 valence electrons. The first-order chi connectivity index (χ1) is 6.66. The van der Waals surface area contributed by atoms with Gasteiger partial charge >= 0.3 is 0 Å². The Morgan fingerprint density at radius 1 is 1.14 bits per heavy atom. The second kappa shape index (κ2) is 8.99. The van der Waals surface area contributed by atoms with Gasteiger partial charge in [-0.1, -0.05) is 0 Å². The summed E-state index contributed by atoms with van der Waals surface area (Å²) in [5, 5.41) is 34.9. The van der Waals surface area contributed by atoms with Crippen molar-refractivity contribution in [2.24, 2.45) is 0 Å². The topological polar surface area (TPSA) is 80.9 Å². The largest absolute Gasteiger partial charge is 0.513 e. The Morgan fingerprint density at radius 2 is 1.86 bits per heavy atom. The van der Waals surface area contributed by atoms with E-state index in [0.717, 1.165) is 6.42 Å². The lowest BCUT2D eigenvalue weighted by atomic mass is 10.1. The number of aliphatic hydroxyl groups is 4. The molecule has 0 aromatic carbocycles. The summed E-state index contributed by atoms with van der Waals surface area (Å²) in [4.78, 5) is 0. The second-order valence-corrected chi connectivity index (χ2v) is 3.29. The van der Waals surface area contributed by atoms with Gasteiger partial charge in [0.2, 0.25) is 0 Å². The maximum atomic E-state index is 9.30. The van der Waals surface area contributed by atoms with Gasteiger partial charge in [-0.3, -0.25) is 0 Å². The minimum absolute atomic E-state index is 0.157. The molecule has 0 aromatic heterocycles. The Hall–Kier alpha value is -0.580. The van der Waals surface area contributed by atoms with Gasteiger partial charge in [-0.05, 0) is 38.2 Å². The first-order valence-electron chi connectivity index (χ1n) is 5.01. The van der Waals surface area contributed by atoms with E-state index in [2.05, 4.69) is 0 Å². The molecule has 0 saturated heterocycles. The van der Waals surface area contributed by atoms with Crippen molar-refractivity contribution in [3.63, 3.8) is 0 Å². The molecule has 0 bridgehead atoms. The highest BCUT2D eigenvalue weighted by molar-refractivity contribution is 4.90. The molecule has 0 unspecified atom stereocenters. The summed E-state index contributed by atoms with van der Waals surface area (Å²) in [5.74, 6) is 0.325. The summed E-state index contributed by atoms with van der Waals surface area (Å²) in [5.41, 5.74) is 0. The van der Waals surface area contributed by atoms with E-state index in [-0.39, 0.29) is 6.61 Å². The molecule has 0 atom stereocenters. The summed E-state index contributed by atoms with van der Waals surface area (Å²) in [6.45, 7) is 0.157. The van der Waals surface area contributed by atoms with Crippen LogP contribution in [0.4, 0.5) is 0 Å². The van der Waals surface area contributed by atoms with Gasteiger partial charge in [0, 0.05) is 13.0 Å². The van der Waals surface area contributed by atoms with Crippen molar-refractivity contribution in [1.82, 2.24) is 0 Å². The Morgan fingerprint density at radius 3 is 2.43 bits per heavy atom. The van der Waals surface area contributed by atoms with E-state index in [1.165, 1.54) is 0 Å². The highest BCUT2D eigenvalue weighted by Gasteiger charge is 1.97. The Balaban J connectivity index is 3.36. The van der Waals surface area contributed by atoms with E-state index in [4.69, 9.17) is 15.3 Å². The van der Waals surface area contributed by atoms with Gasteiger partial charge in [0.15, 0.2) is 6.29 Å². The van der Waals surface area contributed by atoms with Gasteiger partial charge < -0.3 is 20.4 Å². The zero-order chi connectivity index (χ0) is 10.8. The molecule has 0 spiro atoms. The molecule has 0 rings (SSSR count). The zero-order valence-electron chi connectivity index (χ0n) is 8.39. The first kappa shape index (κ1) is 13.4. The maximum absolute atomic E-state index is 9.30. The molecule has 0 radical (unpaired) electrons. The molecule has 0 fully saturated rings. The minimum atomic E-state index is -1.25. The third-order valence-electron chi connectivity index (χ3n) is 1.89. The predicted octanol–water partition coefficient (Wildman–Crippen LogP) is 1.07. The van der Waals surface area contributed by atoms with Crippen LogP contribution in [-0.4, -0.2) is 33.3 Å². The Bertz CT molecular complexity index is 154. The van der Waals surface area contributed by atoms with Crippen molar-refractivity contribution < 1.29 is 20.4 Å². The van der Waals surface area contributed by atoms with Crippen molar-refractivity contribution in [1.29, 1.82) is 0 Å². The van der Waals surface area contributed by atoms with Crippen LogP contribution >= 0.6 is 0 Å². The van der Waals surface area contributed by atoms with Crippen LogP contribution in [0.3, 0.4) is 0 Å². The van der Waals surface area contributed by atoms with E-state index >= 15 is 0 Å². The fourth-order valence-electron chi connectivity index (χ4n) is 1.09. The SMILES string of the molecule is OCCCCC(O)=CCCCC(O)O. The fourth-order valence-corrected chi connectivity index (χ4v) is 1.09. The molecule has 4 heteroatoms. The summed E-state index contributed by atoms with van der Waals surface area (Å²) in [6, 6.07) is 0. The first-order valence-corrected chi connectivity index (χ1v) is 5.01. The molecule has 4 N–H and O–H groups in total. The van der Waals surface area contributed by atoms with Crippen molar-refractivity contribution in [2.45, 2.75) is 44.8 Å². The fraction of sp³-hybridized carbons (Fsp3) is 0.800. The van der Waals surface area contributed by atoms with Gasteiger partial charge in [0.25, 0.3) is 0 Å². The summed E-state index contributed by atoms with van der Waals surface area (Å²) < 4.78 is 0. The van der Waals surface area contributed by atoms with Crippen LogP contribution in [0.2, 0.25) is 0 Å². The third-order valence-corrected chi connectivity index (χ3v) is 1.89. The van der Waals surface area contributed by atoms with E-state index < -0.39 is 6.29 Å². The van der Waals surface area contributed by atoms with Crippen molar-refractivity contribution >= 4 is 0 Å². The lowest BCUT2D eigenvalue weighted by Gasteiger charge is -2.01. The van der Waals surface area contributed by atoms with Gasteiger partial charge in [0.1, 0.15) is 0 Å². The quantitative estimate of drug-likeness (QED) is 0.271. The van der Waals surface area contributed by atoms with Crippen LogP contribution in [0, 0.1) is 0 Å². The Kier molecular flexibility index (Phi) is 8.62. The molecular formula is C10H20O4. The van der Waals surface area contributed by atoms with Crippen LogP contribution in [0.15, 0.2) is 11.8 Å². The van der Waals surface area contributed by atoms with E-state index in [1.54, 1.807) is 6.08 Å². The average molecular weight is 204 g/mol. The number of hydrogen-bond acceptors (Lipinski definition) is 4. The van der Waals surface area contributed by atoms with E-state index in [1.807, 2.05) is 0 Å². The molecule has 0 aliphatic heterocycles. The van der Waals surface area contributed by atoms with Crippen LogP contribution in [-0.2, 0) is 0 Å². The summed E-state index contributed by atoms with van der Waals surface area (Å²) >= 11 is 0. The normalized spacial score (nSPS) is 12.4. The lowest BCUT2D eigenvalue weighted by Crippen LogP contribution is -2.02. The summed E-state index contributed by atoms with van der Waals surface area (Å²) in [6.07, 6.45) is 4.15. The number of aliphatic hydroxyl groups excluding tert-OH is 3. The van der Waals surface area contributed by atoms with E-state index in [9.17, 15) is 5.11 Å². The van der Waals surface area contributed by atoms with Gasteiger partial charge in [-0.25, -0.2) is 0 Å². The number of allylic oxidation sites excluding steroid dienone is 2. The molecule has 4 nitrogen and oxygen atoms in total. The van der Waals surface area contributed by atoms with Crippen molar-refractivity contribution in [3.05, 3.63) is 11.8 Å². The molecule has 0 aromatic rings. The van der Waals surface area contributed by atoms with Crippen LogP contribution in [0.5, 0.6) is 0 Å². The molecule has 0 aliphatic rings. The number of hydrogen-bond donors (Lipinski definition) is 4. The zero-order valence-corrected chi connectivity index (χ0v) is 8.39. The minimum Gasteiger partial charge on any atom is -0.513 e. The van der Waals surface area contributed by atoms with Gasteiger partial charge in [0.05, 0.1) is 5.76 Å². The number of unbranched alkanes of at least 4 members (excludes halogenated alkanes) is 2. The molecular weight excluding hydrogens is 184 g/mol. The van der Waals surface area contributed by atoms with Crippen LogP contribution in [0.1, 0.15) is 38.5 Å². The second-order valence-electron chi connectivity index (χ2n) is 3.29. The molecule has 14 heavy (non-hydrogen) atoms. The smallest absolute Gasteiger partial charge is 0.151 e. The predicted molar refractivity (Wildman–Crippen MR) is 53.7 cm³/mol. The van der Waals surface area contributed by atoms with Crippen LogP contribution in [0.25, 0.3) is 0 Å². The molecule has 0 saturated carbocycles. The average Bonchev–Trinajstić information content (AvgIpc) is 2.13. The highest BCUT2D eigenvalue weighted by Crippen LogP contribution is 2.07. The molecule has 0 amide bonds. The van der Waals surface area contributed by atoms with Gasteiger partial charge in [-0.15, -0.1) is 0 Å². The van der Waals surface area contributed by atoms with Crippen molar-refractivity contribution in [3.8, 4) is 0 Å². The highest BCUT2D eigenvalue weighted by atomic mass is 16.5. The van der Waals surface area contributed by atoms with Crippen LogP contribution < -0.4 is 0 Å². The lowest BCUT2D eigenvalue weighted by molar-refractivity contribution is -0.0460. The molecule has 0 heterocycles. The number of rotatable bonds is 8. The van der Waals surface area contributed by atoms with Gasteiger partial charge in [-0.2, -0.15) is 0 Å². The third kappa shape index (κ3) is 9.51. The summed E-state index contributed by atoms with van der Waals surface area (Å²) in [7, 11) is 0. The van der Waals surface area contributed by atoms with Crippen molar-refractivity contribution in [2.75, 3.05) is 6.61 Å². The monoisotopic (exact) mass is 204 g/mol. The molecule has 0 aliphatic carbocycles.